The third-order valence-electron chi connectivity index (χ3n) is 2.59. The second-order valence-electron chi connectivity index (χ2n) is 4.17. The minimum absolute atomic E-state index is 0. The van der Waals surface area contributed by atoms with E-state index >= 15 is 0 Å². The van der Waals surface area contributed by atoms with Gasteiger partial charge in [-0.2, -0.15) is 0 Å². The van der Waals surface area contributed by atoms with E-state index in [0.717, 1.165) is 45.2 Å². The van der Waals surface area contributed by atoms with E-state index in [-0.39, 0.29) is 30.6 Å². The largest absolute Gasteiger partial charge is 0.396 e. The molecule has 0 radical (unpaired) electrons. The van der Waals surface area contributed by atoms with Gasteiger partial charge in [-0.15, -0.1) is 24.0 Å². The Hall–Kier alpha value is -0.0400. The molecule has 0 rings (SSSR count). The van der Waals surface area contributed by atoms with Crippen LogP contribution in [0.25, 0.3) is 0 Å². The highest BCUT2D eigenvalue weighted by molar-refractivity contribution is 14.0. The van der Waals surface area contributed by atoms with Crippen LogP contribution in [0.4, 0.5) is 0 Å². The monoisotopic (exact) mass is 357 g/mol. The van der Waals surface area contributed by atoms with E-state index < -0.39 is 0 Å². The molecule has 4 N–H and O–H groups in total. The summed E-state index contributed by atoms with van der Waals surface area (Å²) in [7, 11) is 0. The number of hydrogen-bond acceptors (Lipinski definition) is 2. The maximum absolute atomic E-state index is 8.91. The minimum atomic E-state index is 0. The molecule has 0 saturated carbocycles. The number of nitrogens with one attached hydrogen (secondary N) is 1. The number of aliphatic imine (C=N–C) groups is 1. The molecule has 0 aromatic carbocycles. The van der Waals surface area contributed by atoms with Gasteiger partial charge in [-0.1, -0.05) is 26.7 Å². The fourth-order valence-electron chi connectivity index (χ4n) is 1.59. The van der Waals surface area contributed by atoms with E-state index in [0.29, 0.717) is 11.9 Å². The van der Waals surface area contributed by atoms with Crippen molar-refractivity contribution < 1.29 is 5.11 Å². The van der Waals surface area contributed by atoms with Crippen molar-refractivity contribution in [2.75, 3.05) is 19.7 Å². The van der Waals surface area contributed by atoms with Gasteiger partial charge < -0.3 is 16.2 Å². The van der Waals surface area contributed by atoms with Crippen LogP contribution >= 0.6 is 24.0 Å². The molecule has 0 aromatic rings. The van der Waals surface area contributed by atoms with Crippen LogP contribution in [0.2, 0.25) is 0 Å². The van der Waals surface area contributed by atoms with Crippen LogP contribution in [0.1, 0.15) is 46.0 Å². The summed E-state index contributed by atoms with van der Waals surface area (Å²) in [6, 6.07) is 0. The van der Waals surface area contributed by atoms with E-state index in [1.54, 1.807) is 0 Å². The van der Waals surface area contributed by atoms with Crippen LogP contribution in [0.15, 0.2) is 4.99 Å². The molecule has 1 unspecified atom stereocenters. The van der Waals surface area contributed by atoms with Crippen molar-refractivity contribution in [1.82, 2.24) is 5.32 Å². The number of unbranched alkanes of at least 4 members (excludes halogenated alkanes) is 1. The maximum Gasteiger partial charge on any atom is 0.188 e. The maximum atomic E-state index is 8.91. The van der Waals surface area contributed by atoms with Gasteiger partial charge in [0.2, 0.25) is 0 Å². The lowest BCUT2D eigenvalue weighted by molar-refractivity contribution is 0.253. The van der Waals surface area contributed by atoms with E-state index in [2.05, 4.69) is 24.2 Å². The van der Waals surface area contributed by atoms with Crippen molar-refractivity contribution in [3.63, 3.8) is 0 Å². The zero-order valence-corrected chi connectivity index (χ0v) is 13.4. The third kappa shape index (κ3) is 12.2. The number of hydrogen-bond donors (Lipinski definition) is 3. The first-order valence-electron chi connectivity index (χ1n) is 6.39. The van der Waals surface area contributed by atoms with Gasteiger partial charge in [0.15, 0.2) is 5.96 Å². The van der Waals surface area contributed by atoms with Gasteiger partial charge in [-0.3, -0.25) is 4.99 Å². The Labute approximate surface area is 122 Å². The smallest absolute Gasteiger partial charge is 0.188 e. The van der Waals surface area contributed by atoms with Crippen LogP contribution < -0.4 is 11.1 Å². The first kappa shape index (κ1) is 19.3. The van der Waals surface area contributed by atoms with Gasteiger partial charge in [0.05, 0.1) is 0 Å². The minimum Gasteiger partial charge on any atom is -0.396 e. The van der Waals surface area contributed by atoms with Crippen LogP contribution in [-0.4, -0.2) is 30.8 Å². The Morgan fingerprint density at radius 3 is 2.53 bits per heavy atom. The van der Waals surface area contributed by atoms with Gasteiger partial charge in [0.1, 0.15) is 0 Å². The van der Waals surface area contributed by atoms with Gasteiger partial charge in [0.25, 0.3) is 0 Å². The van der Waals surface area contributed by atoms with E-state index in [1.165, 1.54) is 0 Å². The van der Waals surface area contributed by atoms with Crippen LogP contribution in [-0.2, 0) is 0 Å². The van der Waals surface area contributed by atoms with Crippen LogP contribution in [0.5, 0.6) is 0 Å². The molecule has 0 aliphatic rings. The SMILES string of the molecule is CCCCNC(N)=NCC(CCC)CCO.I. The first-order chi connectivity index (χ1) is 7.74. The molecule has 0 heterocycles. The number of nitrogens with zero attached hydrogens (tertiary/aromatic N) is 1. The van der Waals surface area contributed by atoms with Crippen molar-refractivity contribution in [2.45, 2.75) is 46.0 Å². The number of halogens is 1. The molecule has 104 valence electrons. The van der Waals surface area contributed by atoms with Crippen molar-refractivity contribution in [3.05, 3.63) is 0 Å². The lowest BCUT2D eigenvalue weighted by atomic mass is 10.0. The van der Waals surface area contributed by atoms with Gasteiger partial charge >= 0.3 is 0 Å². The summed E-state index contributed by atoms with van der Waals surface area (Å²) in [5.41, 5.74) is 5.73. The number of aliphatic hydroxyl groups is 1. The predicted molar refractivity (Wildman–Crippen MR) is 84.9 cm³/mol. The number of rotatable bonds is 9. The highest BCUT2D eigenvalue weighted by Gasteiger charge is 2.06. The van der Waals surface area contributed by atoms with Gasteiger partial charge in [0, 0.05) is 19.7 Å². The first-order valence-corrected chi connectivity index (χ1v) is 6.39. The Bertz CT molecular complexity index is 183. The summed E-state index contributed by atoms with van der Waals surface area (Å²) >= 11 is 0. The second-order valence-corrected chi connectivity index (χ2v) is 4.17. The summed E-state index contributed by atoms with van der Waals surface area (Å²) in [6.45, 7) is 6.15. The molecule has 0 fully saturated rings. The Morgan fingerprint density at radius 1 is 1.29 bits per heavy atom. The van der Waals surface area contributed by atoms with Gasteiger partial charge in [-0.05, 0) is 25.2 Å². The van der Waals surface area contributed by atoms with E-state index in [9.17, 15) is 0 Å². The Kier molecular flexibility index (Phi) is 15.9. The molecule has 0 aromatic heterocycles. The highest BCUT2D eigenvalue weighted by atomic mass is 127. The normalized spacial score (nSPS) is 13.0. The molecule has 17 heavy (non-hydrogen) atoms. The number of guanidine groups is 1. The standard InChI is InChI=1S/C12H27N3O.HI/c1-3-5-8-14-12(13)15-10-11(6-4-2)7-9-16;/h11,16H,3-10H2,1-2H3,(H3,13,14,15);1H. The number of nitrogens with two attached hydrogens (primary N) is 1. The molecular formula is C12H28IN3O. The number of aliphatic hydroxyl groups excluding tert-OH is 1. The van der Waals surface area contributed by atoms with E-state index in [4.69, 9.17) is 10.8 Å². The van der Waals surface area contributed by atoms with E-state index in [1.807, 2.05) is 0 Å². The molecule has 0 bridgehead atoms. The average Bonchev–Trinajstić information content (AvgIpc) is 2.27. The molecule has 0 aliphatic heterocycles. The molecular weight excluding hydrogens is 329 g/mol. The van der Waals surface area contributed by atoms with Crippen LogP contribution in [0, 0.1) is 5.92 Å². The Balaban J connectivity index is 0. The van der Waals surface area contributed by atoms with Crippen molar-refractivity contribution >= 4 is 29.9 Å². The summed E-state index contributed by atoms with van der Waals surface area (Å²) in [5.74, 6) is 0.994. The fourth-order valence-corrected chi connectivity index (χ4v) is 1.59. The fraction of sp³-hybridized carbons (Fsp3) is 0.917. The molecule has 1 atom stereocenters. The zero-order valence-electron chi connectivity index (χ0n) is 11.1. The summed E-state index contributed by atoms with van der Waals surface area (Å²) < 4.78 is 0. The lowest BCUT2D eigenvalue weighted by Gasteiger charge is -2.12. The lowest BCUT2D eigenvalue weighted by Crippen LogP contribution is -2.33. The summed E-state index contributed by atoms with van der Waals surface area (Å²) in [4.78, 5) is 4.31. The molecule has 4 nitrogen and oxygen atoms in total. The summed E-state index contributed by atoms with van der Waals surface area (Å²) in [5, 5.41) is 12.0. The predicted octanol–water partition coefficient (Wildman–Crippen LogP) is 2.11. The van der Waals surface area contributed by atoms with Crippen molar-refractivity contribution in [1.29, 1.82) is 0 Å². The highest BCUT2D eigenvalue weighted by Crippen LogP contribution is 2.10. The topological polar surface area (TPSA) is 70.6 Å². The third-order valence-corrected chi connectivity index (χ3v) is 2.59. The molecule has 5 heteroatoms. The van der Waals surface area contributed by atoms with Gasteiger partial charge in [-0.25, -0.2) is 0 Å². The molecule has 0 aliphatic carbocycles. The molecule has 0 spiro atoms. The average molecular weight is 357 g/mol. The molecule has 0 amide bonds. The molecule has 0 saturated heterocycles. The van der Waals surface area contributed by atoms with Crippen LogP contribution in [0.3, 0.4) is 0 Å². The van der Waals surface area contributed by atoms with Crippen molar-refractivity contribution in [2.24, 2.45) is 16.6 Å². The Morgan fingerprint density at radius 2 is 2.00 bits per heavy atom. The van der Waals surface area contributed by atoms with Crippen molar-refractivity contribution in [3.8, 4) is 0 Å². The summed E-state index contributed by atoms with van der Waals surface area (Å²) in [6.07, 6.45) is 5.32. The quantitative estimate of drug-likeness (QED) is 0.256. The zero-order chi connectivity index (χ0) is 12.2. The second kappa shape index (κ2) is 14.0.